The van der Waals surface area contributed by atoms with Crippen LogP contribution in [0, 0.1) is 0 Å². The summed E-state index contributed by atoms with van der Waals surface area (Å²) in [5, 5.41) is 1.25. The quantitative estimate of drug-likeness (QED) is 0.620. The predicted molar refractivity (Wildman–Crippen MR) is 87.8 cm³/mol. The van der Waals surface area contributed by atoms with Crippen LogP contribution in [0.3, 0.4) is 0 Å². The van der Waals surface area contributed by atoms with Crippen LogP contribution in [0.5, 0.6) is 5.75 Å². The largest absolute Gasteiger partial charge is 0.497 e. The summed E-state index contributed by atoms with van der Waals surface area (Å²) in [7, 11) is 1.66. The summed E-state index contributed by atoms with van der Waals surface area (Å²) >= 11 is 12.1. The van der Waals surface area contributed by atoms with Gasteiger partial charge in [0.25, 0.3) is 0 Å². The molecule has 0 bridgehead atoms. The molecule has 0 saturated carbocycles. The zero-order chi connectivity index (χ0) is 15.2. The Morgan fingerprint density at radius 1 is 1.14 bits per heavy atom. The SMILES string of the molecule is COc1ccc(CCC(NN)c2ccc(Cl)cc2Cl)cc1. The number of benzene rings is 2. The lowest BCUT2D eigenvalue weighted by Crippen LogP contribution is -2.28. The van der Waals surface area contributed by atoms with Crippen LogP contribution < -0.4 is 16.0 Å². The van der Waals surface area contributed by atoms with Crippen LogP contribution in [0.25, 0.3) is 0 Å². The Kier molecular flexibility index (Phi) is 5.88. The summed E-state index contributed by atoms with van der Waals surface area (Å²) in [6.45, 7) is 0. The van der Waals surface area contributed by atoms with Gasteiger partial charge in [0.1, 0.15) is 5.75 Å². The van der Waals surface area contributed by atoms with Crippen LogP contribution in [-0.2, 0) is 6.42 Å². The Morgan fingerprint density at radius 2 is 1.86 bits per heavy atom. The molecule has 0 aliphatic rings. The Labute approximate surface area is 135 Å². The number of nitrogens with one attached hydrogen (secondary N) is 1. The maximum atomic E-state index is 6.23. The number of hydrogen-bond donors (Lipinski definition) is 2. The fourth-order valence-corrected chi connectivity index (χ4v) is 2.76. The molecule has 2 aromatic rings. The third-order valence-electron chi connectivity index (χ3n) is 3.42. The van der Waals surface area contributed by atoms with Crippen molar-refractivity contribution in [1.82, 2.24) is 5.43 Å². The maximum absolute atomic E-state index is 6.23. The van der Waals surface area contributed by atoms with Crippen molar-refractivity contribution >= 4 is 23.2 Å². The van der Waals surface area contributed by atoms with Gasteiger partial charge >= 0.3 is 0 Å². The second-order valence-electron chi connectivity index (χ2n) is 4.77. The normalized spacial score (nSPS) is 12.2. The highest BCUT2D eigenvalue weighted by molar-refractivity contribution is 6.35. The molecular formula is C16H18Cl2N2O. The minimum absolute atomic E-state index is 0.0168. The molecule has 112 valence electrons. The lowest BCUT2D eigenvalue weighted by Gasteiger charge is -2.18. The second kappa shape index (κ2) is 7.66. The van der Waals surface area contributed by atoms with Crippen LogP contribution in [0.2, 0.25) is 10.0 Å². The monoisotopic (exact) mass is 324 g/mol. The Hall–Kier alpha value is -1.26. The Balaban J connectivity index is 2.04. The van der Waals surface area contributed by atoms with E-state index in [1.807, 2.05) is 24.3 Å². The number of ether oxygens (including phenoxy) is 1. The molecule has 0 amide bonds. The summed E-state index contributed by atoms with van der Waals surface area (Å²) in [4.78, 5) is 0. The van der Waals surface area contributed by atoms with Gasteiger partial charge in [-0.2, -0.15) is 0 Å². The molecular weight excluding hydrogens is 307 g/mol. The first-order valence-corrected chi connectivity index (χ1v) is 7.43. The highest BCUT2D eigenvalue weighted by atomic mass is 35.5. The van der Waals surface area contributed by atoms with Crippen LogP contribution in [0.15, 0.2) is 42.5 Å². The predicted octanol–water partition coefficient (Wildman–Crippen LogP) is 4.14. The van der Waals surface area contributed by atoms with Gasteiger partial charge in [-0.25, -0.2) is 0 Å². The summed E-state index contributed by atoms with van der Waals surface area (Å²) in [6, 6.07) is 13.5. The minimum atomic E-state index is -0.0168. The fourth-order valence-electron chi connectivity index (χ4n) is 2.22. The van der Waals surface area contributed by atoms with E-state index in [0.29, 0.717) is 10.0 Å². The van der Waals surface area contributed by atoms with Gasteiger partial charge in [-0.1, -0.05) is 41.4 Å². The van der Waals surface area contributed by atoms with Crippen molar-refractivity contribution in [3.8, 4) is 5.75 Å². The lowest BCUT2D eigenvalue weighted by molar-refractivity contribution is 0.414. The highest BCUT2D eigenvalue weighted by Gasteiger charge is 2.13. The topological polar surface area (TPSA) is 47.3 Å². The minimum Gasteiger partial charge on any atom is -0.497 e. The fraction of sp³-hybridized carbons (Fsp3) is 0.250. The van der Waals surface area contributed by atoms with Gasteiger partial charge in [-0.3, -0.25) is 11.3 Å². The number of nitrogens with two attached hydrogens (primary N) is 1. The third-order valence-corrected chi connectivity index (χ3v) is 3.98. The van der Waals surface area contributed by atoms with Crippen LogP contribution in [0.4, 0.5) is 0 Å². The molecule has 0 spiro atoms. The molecule has 5 heteroatoms. The van der Waals surface area contributed by atoms with Gasteiger partial charge in [-0.05, 0) is 48.2 Å². The van der Waals surface area contributed by atoms with Crippen molar-refractivity contribution in [2.24, 2.45) is 5.84 Å². The average molecular weight is 325 g/mol. The molecule has 0 aromatic heterocycles. The van der Waals surface area contributed by atoms with Gasteiger partial charge in [0, 0.05) is 16.1 Å². The number of halogens is 2. The molecule has 0 fully saturated rings. The summed E-state index contributed by atoms with van der Waals surface area (Å²) in [5.74, 6) is 6.51. The Morgan fingerprint density at radius 3 is 2.43 bits per heavy atom. The van der Waals surface area contributed by atoms with Crippen LogP contribution in [-0.4, -0.2) is 7.11 Å². The Bertz CT molecular complexity index is 587. The maximum Gasteiger partial charge on any atom is 0.118 e. The molecule has 0 aliphatic heterocycles. The number of hydrazine groups is 1. The first-order chi connectivity index (χ1) is 10.1. The molecule has 2 rings (SSSR count). The van der Waals surface area contributed by atoms with Crippen molar-refractivity contribution in [3.05, 3.63) is 63.6 Å². The van der Waals surface area contributed by atoms with E-state index in [0.717, 1.165) is 24.2 Å². The third kappa shape index (κ3) is 4.35. The van der Waals surface area contributed by atoms with Gasteiger partial charge in [0.15, 0.2) is 0 Å². The van der Waals surface area contributed by atoms with Crippen molar-refractivity contribution in [3.63, 3.8) is 0 Å². The molecule has 0 saturated heterocycles. The summed E-state index contributed by atoms with van der Waals surface area (Å²) in [6.07, 6.45) is 1.72. The van der Waals surface area contributed by atoms with Gasteiger partial charge in [0.05, 0.1) is 7.11 Å². The van der Waals surface area contributed by atoms with E-state index in [1.54, 1.807) is 13.2 Å². The van der Waals surface area contributed by atoms with Crippen LogP contribution >= 0.6 is 23.2 Å². The van der Waals surface area contributed by atoms with E-state index in [9.17, 15) is 0 Å². The molecule has 0 radical (unpaired) electrons. The number of rotatable bonds is 6. The van der Waals surface area contributed by atoms with E-state index in [1.165, 1.54) is 5.56 Å². The van der Waals surface area contributed by atoms with Crippen molar-refractivity contribution < 1.29 is 4.74 Å². The molecule has 3 N–H and O–H groups in total. The van der Waals surface area contributed by atoms with E-state index in [4.69, 9.17) is 33.8 Å². The molecule has 3 nitrogen and oxygen atoms in total. The van der Waals surface area contributed by atoms with Crippen molar-refractivity contribution in [2.75, 3.05) is 7.11 Å². The first-order valence-electron chi connectivity index (χ1n) is 6.68. The second-order valence-corrected chi connectivity index (χ2v) is 5.62. The van der Waals surface area contributed by atoms with E-state index in [-0.39, 0.29) is 6.04 Å². The number of aryl methyl sites for hydroxylation is 1. The summed E-state index contributed by atoms with van der Waals surface area (Å²) in [5.41, 5.74) is 5.00. The number of methoxy groups -OCH3 is 1. The van der Waals surface area contributed by atoms with Gasteiger partial charge in [0.2, 0.25) is 0 Å². The first kappa shape index (κ1) is 16.1. The van der Waals surface area contributed by atoms with E-state index >= 15 is 0 Å². The molecule has 2 aromatic carbocycles. The zero-order valence-corrected chi connectivity index (χ0v) is 13.3. The summed E-state index contributed by atoms with van der Waals surface area (Å²) < 4.78 is 5.15. The van der Waals surface area contributed by atoms with E-state index < -0.39 is 0 Å². The molecule has 1 unspecified atom stereocenters. The number of hydrogen-bond acceptors (Lipinski definition) is 3. The molecule has 0 heterocycles. The standard InChI is InChI=1S/C16H18Cl2N2O/c1-21-13-6-2-11(3-7-13)4-9-16(20-19)14-8-5-12(17)10-15(14)18/h2-3,5-8,10,16,20H,4,9,19H2,1H3. The molecule has 21 heavy (non-hydrogen) atoms. The molecule has 0 aliphatic carbocycles. The van der Waals surface area contributed by atoms with Gasteiger partial charge in [-0.15, -0.1) is 0 Å². The van der Waals surface area contributed by atoms with E-state index in [2.05, 4.69) is 17.6 Å². The van der Waals surface area contributed by atoms with Crippen LogP contribution in [0.1, 0.15) is 23.6 Å². The zero-order valence-electron chi connectivity index (χ0n) is 11.8. The average Bonchev–Trinajstić information content (AvgIpc) is 2.50. The molecule has 1 atom stereocenters. The van der Waals surface area contributed by atoms with Crippen molar-refractivity contribution in [2.45, 2.75) is 18.9 Å². The highest BCUT2D eigenvalue weighted by Crippen LogP contribution is 2.28. The van der Waals surface area contributed by atoms with Gasteiger partial charge < -0.3 is 4.74 Å². The smallest absolute Gasteiger partial charge is 0.118 e. The van der Waals surface area contributed by atoms with Crippen molar-refractivity contribution in [1.29, 1.82) is 0 Å². The lowest BCUT2D eigenvalue weighted by atomic mass is 9.99.